The van der Waals surface area contributed by atoms with Crippen LogP contribution in [0.5, 0.6) is 0 Å². The van der Waals surface area contributed by atoms with Crippen LogP contribution >= 0.6 is 0 Å². The third-order valence-electron chi connectivity index (χ3n) is 4.02. The molecule has 104 valence electrons. The predicted octanol–water partition coefficient (Wildman–Crippen LogP) is 1.78. The van der Waals surface area contributed by atoms with Gasteiger partial charge in [-0.15, -0.1) is 0 Å². The first kappa shape index (κ1) is 14.0. The molecule has 2 rings (SSSR count). The number of aliphatic hydroxyl groups is 1. The molecule has 0 saturated carbocycles. The van der Waals surface area contributed by atoms with Crippen LogP contribution in [0.3, 0.4) is 0 Å². The van der Waals surface area contributed by atoms with Gasteiger partial charge in [-0.25, -0.2) is 4.79 Å². The fourth-order valence-corrected chi connectivity index (χ4v) is 2.93. The predicted molar refractivity (Wildman–Crippen MR) is 70.3 cm³/mol. The number of rotatable bonds is 1. The van der Waals surface area contributed by atoms with Crippen molar-refractivity contribution in [1.29, 1.82) is 0 Å². The average Bonchev–Trinajstić information content (AvgIpc) is 2.63. The van der Waals surface area contributed by atoms with Crippen molar-refractivity contribution in [2.75, 3.05) is 0 Å². The van der Waals surface area contributed by atoms with Gasteiger partial charge in [-0.05, 0) is 32.6 Å². The van der Waals surface area contributed by atoms with Crippen molar-refractivity contribution in [2.45, 2.75) is 44.8 Å². The van der Waals surface area contributed by atoms with E-state index in [4.69, 9.17) is 4.74 Å². The number of carbonyl (C=O) groups is 2. The molecule has 4 nitrogen and oxygen atoms in total. The lowest BCUT2D eigenvalue weighted by Gasteiger charge is -2.25. The number of esters is 1. The van der Waals surface area contributed by atoms with E-state index in [-0.39, 0.29) is 5.92 Å². The van der Waals surface area contributed by atoms with E-state index in [1.165, 1.54) is 0 Å². The molecule has 2 aliphatic rings. The second-order valence-corrected chi connectivity index (χ2v) is 5.52. The molecule has 1 heterocycles. The highest BCUT2D eigenvalue weighted by Gasteiger charge is 2.43. The summed E-state index contributed by atoms with van der Waals surface area (Å²) in [5, 5.41) is 10.3. The zero-order chi connectivity index (χ0) is 14.0. The minimum Gasteiger partial charge on any atom is -0.458 e. The molecule has 0 radical (unpaired) electrons. The maximum atomic E-state index is 11.6. The zero-order valence-corrected chi connectivity index (χ0v) is 11.2. The van der Waals surface area contributed by atoms with Gasteiger partial charge in [-0.1, -0.05) is 18.2 Å². The number of ether oxygens (including phenoxy) is 1. The Morgan fingerprint density at radius 1 is 1.53 bits per heavy atom. The Bertz CT molecular complexity index is 424. The van der Waals surface area contributed by atoms with Crippen molar-refractivity contribution < 1.29 is 19.4 Å². The van der Waals surface area contributed by atoms with Gasteiger partial charge in [-0.2, -0.15) is 0 Å². The van der Waals surface area contributed by atoms with Crippen molar-refractivity contribution in [3.63, 3.8) is 0 Å². The first-order valence-electron chi connectivity index (χ1n) is 6.73. The maximum Gasteiger partial charge on any atom is 0.334 e. The van der Waals surface area contributed by atoms with E-state index in [0.717, 1.165) is 31.1 Å². The van der Waals surface area contributed by atoms with Crippen LogP contribution < -0.4 is 0 Å². The molecule has 1 aliphatic carbocycles. The average molecular weight is 264 g/mol. The van der Waals surface area contributed by atoms with Gasteiger partial charge in [0.1, 0.15) is 12.4 Å². The number of carbonyl (C=O) groups excluding carboxylic acids is 2. The Balaban J connectivity index is 2.29. The van der Waals surface area contributed by atoms with Crippen LogP contribution in [0.4, 0.5) is 0 Å². The number of hydrogen-bond donors (Lipinski definition) is 1. The first-order valence-corrected chi connectivity index (χ1v) is 6.73. The van der Waals surface area contributed by atoms with Gasteiger partial charge >= 0.3 is 5.97 Å². The summed E-state index contributed by atoms with van der Waals surface area (Å²) in [4.78, 5) is 22.7. The van der Waals surface area contributed by atoms with Crippen molar-refractivity contribution >= 4 is 12.3 Å². The molecule has 1 fully saturated rings. The fourth-order valence-electron chi connectivity index (χ4n) is 2.93. The van der Waals surface area contributed by atoms with E-state index in [2.05, 4.69) is 6.58 Å². The maximum absolute atomic E-state index is 11.6. The molecule has 0 aromatic rings. The summed E-state index contributed by atoms with van der Waals surface area (Å²) in [6.45, 7) is 5.67. The van der Waals surface area contributed by atoms with E-state index in [9.17, 15) is 14.7 Å². The summed E-state index contributed by atoms with van der Waals surface area (Å²) in [6.07, 6.45) is 4.54. The zero-order valence-electron chi connectivity index (χ0n) is 11.2. The van der Waals surface area contributed by atoms with Crippen LogP contribution in [0.2, 0.25) is 0 Å². The molecular weight excluding hydrogens is 244 g/mol. The number of aliphatic hydroxyl groups excluding tert-OH is 1. The number of fused-ring (bicyclic) bond motifs is 1. The molecule has 0 spiro atoms. The van der Waals surface area contributed by atoms with Crippen LogP contribution in [0.15, 0.2) is 23.8 Å². The summed E-state index contributed by atoms with van der Waals surface area (Å²) in [6, 6.07) is 0. The Hall–Kier alpha value is -1.42. The van der Waals surface area contributed by atoms with Gasteiger partial charge in [0.05, 0.1) is 12.0 Å². The monoisotopic (exact) mass is 264 g/mol. The van der Waals surface area contributed by atoms with Crippen LogP contribution in [0, 0.1) is 11.8 Å². The first-order chi connectivity index (χ1) is 9.02. The van der Waals surface area contributed by atoms with Crippen LogP contribution in [-0.4, -0.2) is 29.6 Å². The third kappa shape index (κ3) is 2.95. The van der Waals surface area contributed by atoms with Gasteiger partial charge in [0, 0.05) is 11.5 Å². The lowest BCUT2D eigenvalue weighted by atomic mass is 9.83. The third-order valence-corrected chi connectivity index (χ3v) is 4.02. The van der Waals surface area contributed by atoms with Crippen molar-refractivity contribution in [1.82, 2.24) is 0 Å². The van der Waals surface area contributed by atoms with Gasteiger partial charge in [-0.3, -0.25) is 0 Å². The van der Waals surface area contributed by atoms with E-state index < -0.39 is 24.1 Å². The molecule has 0 aromatic heterocycles. The smallest absolute Gasteiger partial charge is 0.334 e. The molecule has 1 saturated heterocycles. The van der Waals surface area contributed by atoms with Gasteiger partial charge < -0.3 is 14.6 Å². The molecule has 0 bridgehead atoms. The summed E-state index contributed by atoms with van der Waals surface area (Å²) >= 11 is 0. The van der Waals surface area contributed by atoms with Crippen LogP contribution in [0.1, 0.15) is 32.6 Å². The van der Waals surface area contributed by atoms with Crippen LogP contribution in [0.25, 0.3) is 0 Å². The SMILES string of the molecule is C=C1C(=O)O[C@@H]2C[C@H](C=O)CCC/C(C)=C/[C@H](O)[C@H]12. The highest BCUT2D eigenvalue weighted by atomic mass is 16.6. The van der Waals surface area contributed by atoms with Crippen molar-refractivity contribution in [2.24, 2.45) is 11.8 Å². The second-order valence-electron chi connectivity index (χ2n) is 5.52. The number of aldehydes is 1. The van der Waals surface area contributed by atoms with E-state index in [0.29, 0.717) is 12.0 Å². The van der Waals surface area contributed by atoms with E-state index in [1.807, 2.05) is 6.92 Å². The highest BCUT2D eigenvalue weighted by Crippen LogP contribution is 2.35. The Morgan fingerprint density at radius 3 is 2.95 bits per heavy atom. The Labute approximate surface area is 113 Å². The minimum atomic E-state index is -0.769. The van der Waals surface area contributed by atoms with Gasteiger partial charge in [0.15, 0.2) is 0 Å². The fraction of sp³-hybridized carbons (Fsp3) is 0.600. The number of allylic oxidation sites excluding steroid dienone is 1. The second kappa shape index (κ2) is 5.70. The normalized spacial score (nSPS) is 38.9. The molecule has 1 aliphatic heterocycles. The number of hydrogen-bond acceptors (Lipinski definition) is 4. The summed E-state index contributed by atoms with van der Waals surface area (Å²) < 4.78 is 5.26. The molecule has 0 amide bonds. The largest absolute Gasteiger partial charge is 0.458 e. The Kier molecular flexibility index (Phi) is 4.20. The van der Waals surface area contributed by atoms with Crippen molar-refractivity contribution in [3.05, 3.63) is 23.8 Å². The van der Waals surface area contributed by atoms with E-state index in [1.54, 1.807) is 6.08 Å². The summed E-state index contributed by atoms with van der Waals surface area (Å²) in [5.74, 6) is -1.00. The standard InChI is InChI=1S/C15H20O4/c1-9-4-3-5-11(8-16)7-13-14(12(17)6-9)10(2)15(18)19-13/h6,8,11-14,17H,2-5,7H2,1H3/b9-6+/t11-,12+,13-,14+/m1/s1. The lowest BCUT2D eigenvalue weighted by molar-refractivity contribution is -0.140. The molecule has 19 heavy (non-hydrogen) atoms. The molecule has 4 atom stereocenters. The quantitative estimate of drug-likeness (QED) is 0.339. The summed E-state index contributed by atoms with van der Waals surface area (Å²) in [7, 11) is 0. The molecular formula is C15H20O4. The van der Waals surface area contributed by atoms with E-state index >= 15 is 0 Å². The van der Waals surface area contributed by atoms with Gasteiger partial charge in [0.2, 0.25) is 0 Å². The Morgan fingerprint density at radius 2 is 2.26 bits per heavy atom. The molecule has 1 N–H and O–H groups in total. The molecule has 0 aromatic carbocycles. The van der Waals surface area contributed by atoms with Crippen molar-refractivity contribution in [3.8, 4) is 0 Å². The molecule has 0 unspecified atom stereocenters. The van der Waals surface area contributed by atoms with Crippen LogP contribution in [-0.2, 0) is 14.3 Å². The topological polar surface area (TPSA) is 63.6 Å². The minimum absolute atomic E-state index is 0.121. The van der Waals surface area contributed by atoms with Gasteiger partial charge in [0.25, 0.3) is 0 Å². The summed E-state index contributed by atoms with van der Waals surface area (Å²) in [5.41, 5.74) is 1.39. The highest BCUT2D eigenvalue weighted by molar-refractivity contribution is 5.91. The lowest BCUT2D eigenvalue weighted by Crippen LogP contribution is -2.30. The molecule has 4 heteroatoms.